The first-order valence-corrected chi connectivity index (χ1v) is 7.44. The standard InChI is InChI=1S/2C7H9N.C4H6O4/c2*1-6-4-3-5-8-7(6)2;5-3(6)1-2-4(7)8/h2*3-5H,1-2H3;1-2H2,(H,5,6)(H,7,8). The Bertz CT molecular complexity index is 557. The zero-order valence-corrected chi connectivity index (χ0v) is 14.5. The normalized spacial score (nSPS) is 9.00. The lowest BCUT2D eigenvalue weighted by atomic mass is 10.2. The van der Waals surface area contributed by atoms with Crippen molar-refractivity contribution < 1.29 is 19.8 Å². The number of nitrogens with zero attached hydrogens (tertiary/aromatic N) is 2. The van der Waals surface area contributed by atoms with E-state index in [4.69, 9.17) is 10.2 Å². The lowest BCUT2D eigenvalue weighted by molar-refractivity contribution is -0.143. The first-order chi connectivity index (χ1) is 11.2. The molecule has 24 heavy (non-hydrogen) atoms. The molecule has 0 radical (unpaired) electrons. The summed E-state index contributed by atoms with van der Waals surface area (Å²) in [5.74, 6) is -2.15. The average Bonchev–Trinajstić information content (AvgIpc) is 2.52. The molecule has 0 amide bonds. The molecule has 2 N–H and O–H groups in total. The van der Waals surface area contributed by atoms with Crippen LogP contribution in [0.1, 0.15) is 35.4 Å². The molecule has 0 unspecified atom stereocenters. The van der Waals surface area contributed by atoms with Gasteiger partial charge in [-0.05, 0) is 51.0 Å². The highest BCUT2D eigenvalue weighted by molar-refractivity contribution is 5.75. The number of carbonyl (C=O) groups is 2. The molecule has 6 nitrogen and oxygen atoms in total. The predicted octanol–water partition coefficient (Wildman–Crippen LogP) is 3.33. The molecule has 0 atom stereocenters. The van der Waals surface area contributed by atoms with E-state index in [0.29, 0.717) is 0 Å². The van der Waals surface area contributed by atoms with Gasteiger partial charge in [-0.2, -0.15) is 0 Å². The molecule has 0 aliphatic rings. The van der Waals surface area contributed by atoms with Gasteiger partial charge in [0.05, 0.1) is 12.8 Å². The fraction of sp³-hybridized carbons (Fsp3) is 0.333. The van der Waals surface area contributed by atoms with E-state index >= 15 is 0 Å². The highest BCUT2D eigenvalue weighted by atomic mass is 16.4. The summed E-state index contributed by atoms with van der Waals surface area (Å²) in [4.78, 5) is 27.4. The van der Waals surface area contributed by atoms with Crippen LogP contribution in [-0.4, -0.2) is 32.1 Å². The highest BCUT2D eigenvalue weighted by Crippen LogP contribution is 1.99. The third kappa shape index (κ3) is 10.9. The molecule has 0 spiro atoms. The van der Waals surface area contributed by atoms with Crippen molar-refractivity contribution in [3.8, 4) is 0 Å². The maximum atomic E-state index is 9.64. The predicted molar refractivity (Wildman–Crippen MR) is 91.9 cm³/mol. The monoisotopic (exact) mass is 332 g/mol. The average molecular weight is 332 g/mol. The van der Waals surface area contributed by atoms with Gasteiger partial charge in [0.25, 0.3) is 0 Å². The zero-order chi connectivity index (χ0) is 18.5. The summed E-state index contributed by atoms with van der Waals surface area (Å²) < 4.78 is 0. The van der Waals surface area contributed by atoms with Crippen molar-refractivity contribution >= 4 is 11.9 Å². The number of carboxylic acids is 2. The minimum atomic E-state index is -1.08. The van der Waals surface area contributed by atoms with Crippen LogP contribution in [0.25, 0.3) is 0 Å². The van der Waals surface area contributed by atoms with Crippen LogP contribution in [0.15, 0.2) is 36.7 Å². The first-order valence-electron chi connectivity index (χ1n) is 7.44. The lowest BCUT2D eigenvalue weighted by Gasteiger charge is -1.92. The van der Waals surface area contributed by atoms with Crippen LogP contribution in [0.2, 0.25) is 0 Å². The number of aromatic nitrogens is 2. The van der Waals surface area contributed by atoms with Gasteiger partial charge in [-0.25, -0.2) is 0 Å². The molecule has 0 fully saturated rings. The molecule has 0 aromatic carbocycles. The Balaban J connectivity index is 0.000000331. The number of aryl methyl sites for hydroxylation is 4. The molecule has 0 aliphatic carbocycles. The molecule has 2 aromatic rings. The molecule has 0 saturated heterocycles. The van der Waals surface area contributed by atoms with Gasteiger partial charge in [0.1, 0.15) is 0 Å². The molecule has 2 rings (SSSR count). The number of hydrogen-bond acceptors (Lipinski definition) is 4. The third-order valence-corrected chi connectivity index (χ3v) is 3.10. The molecule has 2 heterocycles. The molecule has 0 saturated carbocycles. The van der Waals surface area contributed by atoms with Crippen LogP contribution < -0.4 is 0 Å². The van der Waals surface area contributed by atoms with Gasteiger partial charge in [-0.1, -0.05) is 12.1 Å². The molecule has 0 aliphatic heterocycles. The van der Waals surface area contributed by atoms with Gasteiger partial charge in [0, 0.05) is 23.8 Å². The Morgan fingerprint density at radius 1 is 0.792 bits per heavy atom. The van der Waals surface area contributed by atoms with E-state index < -0.39 is 11.9 Å². The second kappa shape index (κ2) is 11.8. The first kappa shape index (κ1) is 21.2. The van der Waals surface area contributed by atoms with Gasteiger partial charge in [-0.3, -0.25) is 19.6 Å². The van der Waals surface area contributed by atoms with Crippen molar-refractivity contribution in [1.29, 1.82) is 0 Å². The Hall–Kier alpha value is -2.76. The Morgan fingerprint density at radius 2 is 1.12 bits per heavy atom. The minimum Gasteiger partial charge on any atom is -0.481 e. The maximum absolute atomic E-state index is 9.64. The zero-order valence-electron chi connectivity index (χ0n) is 14.5. The lowest BCUT2D eigenvalue weighted by Crippen LogP contribution is -2.00. The maximum Gasteiger partial charge on any atom is 0.303 e. The Kier molecular flexibility index (Phi) is 10.4. The summed E-state index contributed by atoms with van der Waals surface area (Å²) >= 11 is 0. The Labute approximate surface area is 142 Å². The van der Waals surface area contributed by atoms with E-state index in [2.05, 4.69) is 35.9 Å². The van der Waals surface area contributed by atoms with E-state index in [0.717, 1.165) is 11.4 Å². The largest absolute Gasteiger partial charge is 0.481 e. The van der Waals surface area contributed by atoms with E-state index in [-0.39, 0.29) is 12.8 Å². The van der Waals surface area contributed by atoms with E-state index in [1.54, 1.807) is 0 Å². The summed E-state index contributed by atoms with van der Waals surface area (Å²) in [5, 5.41) is 15.8. The van der Waals surface area contributed by atoms with Gasteiger partial charge in [-0.15, -0.1) is 0 Å². The summed E-state index contributed by atoms with van der Waals surface area (Å²) in [5.41, 5.74) is 4.75. The smallest absolute Gasteiger partial charge is 0.303 e. The van der Waals surface area contributed by atoms with E-state index in [1.165, 1.54) is 11.1 Å². The minimum absolute atomic E-state index is 0.296. The molecular weight excluding hydrogens is 308 g/mol. The fourth-order valence-corrected chi connectivity index (χ4v) is 1.34. The van der Waals surface area contributed by atoms with Crippen molar-refractivity contribution in [3.05, 3.63) is 59.2 Å². The van der Waals surface area contributed by atoms with Crippen molar-refractivity contribution in [2.75, 3.05) is 0 Å². The van der Waals surface area contributed by atoms with Crippen LogP contribution in [0.3, 0.4) is 0 Å². The Morgan fingerprint density at radius 3 is 1.29 bits per heavy atom. The summed E-state index contributed by atoms with van der Waals surface area (Å²) in [6.07, 6.45) is 3.02. The molecule has 0 bridgehead atoms. The van der Waals surface area contributed by atoms with Crippen LogP contribution in [0, 0.1) is 27.7 Å². The molecule has 130 valence electrons. The van der Waals surface area contributed by atoms with E-state index in [1.807, 2.05) is 38.4 Å². The van der Waals surface area contributed by atoms with Crippen LogP contribution in [-0.2, 0) is 9.59 Å². The van der Waals surface area contributed by atoms with Gasteiger partial charge < -0.3 is 10.2 Å². The topological polar surface area (TPSA) is 100 Å². The summed E-state index contributed by atoms with van der Waals surface area (Å²) in [6.45, 7) is 8.13. The second-order valence-corrected chi connectivity index (χ2v) is 5.10. The van der Waals surface area contributed by atoms with Crippen LogP contribution in [0.4, 0.5) is 0 Å². The van der Waals surface area contributed by atoms with Crippen molar-refractivity contribution in [1.82, 2.24) is 9.97 Å². The number of rotatable bonds is 3. The number of hydrogen-bond donors (Lipinski definition) is 2. The van der Waals surface area contributed by atoms with Crippen molar-refractivity contribution in [2.24, 2.45) is 0 Å². The van der Waals surface area contributed by atoms with E-state index in [9.17, 15) is 9.59 Å². The van der Waals surface area contributed by atoms with Gasteiger partial charge in [0.2, 0.25) is 0 Å². The molecule has 6 heteroatoms. The van der Waals surface area contributed by atoms with Gasteiger partial charge >= 0.3 is 11.9 Å². The summed E-state index contributed by atoms with van der Waals surface area (Å²) in [6, 6.07) is 8.01. The van der Waals surface area contributed by atoms with Crippen LogP contribution in [0.5, 0.6) is 0 Å². The third-order valence-electron chi connectivity index (χ3n) is 3.10. The van der Waals surface area contributed by atoms with Crippen molar-refractivity contribution in [2.45, 2.75) is 40.5 Å². The number of carboxylic acid groups (broad SMARTS) is 2. The molecular formula is C18H24N2O4. The van der Waals surface area contributed by atoms with Gasteiger partial charge in [0.15, 0.2) is 0 Å². The SMILES string of the molecule is Cc1cccnc1C.Cc1cccnc1C.O=C(O)CCC(=O)O. The van der Waals surface area contributed by atoms with Crippen molar-refractivity contribution in [3.63, 3.8) is 0 Å². The van der Waals surface area contributed by atoms with Crippen LogP contribution >= 0.6 is 0 Å². The molecule has 2 aromatic heterocycles. The quantitative estimate of drug-likeness (QED) is 0.894. The second-order valence-electron chi connectivity index (χ2n) is 5.10. The highest BCUT2D eigenvalue weighted by Gasteiger charge is 2.00. The number of aliphatic carboxylic acids is 2. The fourth-order valence-electron chi connectivity index (χ4n) is 1.34. The number of pyridine rings is 2. The summed E-state index contributed by atoms with van der Waals surface area (Å²) in [7, 11) is 0.